The van der Waals surface area contributed by atoms with Crippen LogP contribution < -0.4 is 0 Å². The van der Waals surface area contributed by atoms with E-state index in [4.69, 9.17) is 15.3 Å². The lowest BCUT2D eigenvalue weighted by atomic mass is 10.1. The van der Waals surface area contributed by atoms with Crippen molar-refractivity contribution in [2.45, 2.75) is 115 Å². The molecule has 0 aromatic carbocycles. The van der Waals surface area contributed by atoms with Gasteiger partial charge in [0, 0.05) is 6.42 Å². The van der Waals surface area contributed by atoms with Gasteiger partial charge in [-0.1, -0.05) is 70.4 Å². The molecule has 0 amide bonds. The Bertz CT molecular complexity index is 370. The van der Waals surface area contributed by atoms with Gasteiger partial charge in [0.05, 0.1) is 0 Å². The zero-order chi connectivity index (χ0) is 20.3. The Morgan fingerprint density at radius 3 is 1.78 bits per heavy atom. The van der Waals surface area contributed by atoms with Crippen molar-refractivity contribution in [3.8, 4) is 0 Å². The van der Waals surface area contributed by atoms with Crippen molar-refractivity contribution in [3.05, 3.63) is 12.2 Å². The number of hydrogen-bond donors (Lipinski definition) is 4. The molecule has 0 aromatic heterocycles. The van der Waals surface area contributed by atoms with Crippen LogP contribution in [-0.2, 0) is 9.53 Å². The second-order valence-corrected chi connectivity index (χ2v) is 7.12. The summed E-state index contributed by atoms with van der Waals surface area (Å²) in [4.78, 5) is 11.4. The lowest BCUT2D eigenvalue weighted by molar-refractivity contribution is -0.227. The Hall–Kier alpha value is -0.950. The van der Waals surface area contributed by atoms with Crippen LogP contribution >= 0.6 is 0 Å². The fourth-order valence-electron chi connectivity index (χ4n) is 2.75. The molecule has 0 aliphatic carbocycles. The van der Waals surface area contributed by atoms with E-state index < -0.39 is 24.7 Å². The molecule has 0 rings (SSSR count). The quantitative estimate of drug-likeness (QED) is 0.124. The van der Waals surface area contributed by atoms with Gasteiger partial charge in [-0.25, -0.2) is 0 Å². The van der Waals surface area contributed by atoms with Crippen LogP contribution in [0.3, 0.4) is 0 Å². The standard InChI is InChI=1S/C21H40O6/c1-2-3-4-5-6-7-8-9-10-11-12-13-14-15-16-17-18(22)27-21(26)19(23)20(24)25/h9-10,19-21,23-26H,2-8,11-17H2,1H3/b10-9-/t19-,21-/m0/s1. The normalized spacial score (nSPS) is 14.0. The molecule has 0 aromatic rings. The molecular weight excluding hydrogens is 348 g/mol. The molecule has 6 nitrogen and oxygen atoms in total. The molecule has 0 saturated heterocycles. The zero-order valence-corrected chi connectivity index (χ0v) is 16.9. The summed E-state index contributed by atoms with van der Waals surface area (Å²) in [6.07, 6.45) is 13.9. The Morgan fingerprint density at radius 1 is 0.778 bits per heavy atom. The summed E-state index contributed by atoms with van der Waals surface area (Å²) in [6.45, 7) is 2.24. The highest BCUT2D eigenvalue weighted by molar-refractivity contribution is 5.69. The second-order valence-electron chi connectivity index (χ2n) is 7.12. The van der Waals surface area contributed by atoms with Gasteiger partial charge in [0.15, 0.2) is 12.4 Å². The smallest absolute Gasteiger partial charge is 0.308 e. The summed E-state index contributed by atoms with van der Waals surface area (Å²) in [5, 5.41) is 35.7. The van der Waals surface area contributed by atoms with Gasteiger partial charge in [0.2, 0.25) is 6.29 Å². The second kappa shape index (κ2) is 18.4. The summed E-state index contributed by atoms with van der Waals surface area (Å²) >= 11 is 0. The van der Waals surface area contributed by atoms with E-state index in [-0.39, 0.29) is 6.42 Å². The van der Waals surface area contributed by atoms with Crippen molar-refractivity contribution < 1.29 is 30.0 Å². The van der Waals surface area contributed by atoms with E-state index in [1.54, 1.807) is 0 Å². The fourth-order valence-corrected chi connectivity index (χ4v) is 2.75. The van der Waals surface area contributed by atoms with Crippen LogP contribution in [0.25, 0.3) is 0 Å². The van der Waals surface area contributed by atoms with E-state index in [9.17, 15) is 9.90 Å². The molecule has 0 bridgehead atoms. The van der Waals surface area contributed by atoms with Crippen LogP contribution in [-0.4, -0.2) is 45.1 Å². The zero-order valence-electron chi connectivity index (χ0n) is 16.9. The molecule has 0 fully saturated rings. The van der Waals surface area contributed by atoms with Gasteiger partial charge in [-0.05, 0) is 32.1 Å². The summed E-state index contributed by atoms with van der Waals surface area (Å²) in [5.41, 5.74) is 0. The van der Waals surface area contributed by atoms with Gasteiger partial charge in [0.1, 0.15) is 0 Å². The van der Waals surface area contributed by atoms with Crippen LogP contribution in [0.15, 0.2) is 12.2 Å². The van der Waals surface area contributed by atoms with Crippen LogP contribution in [0, 0.1) is 0 Å². The van der Waals surface area contributed by atoms with Crippen molar-refractivity contribution in [2.75, 3.05) is 0 Å². The molecule has 0 saturated carbocycles. The number of hydrogen-bond acceptors (Lipinski definition) is 6. The fraction of sp³-hybridized carbons (Fsp3) is 0.857. The first kappa shape index (κ1) is 26.1. The number of carbonyl (C=O) groups is 1. The Kier molecular flexibility index (Phi) is 17.8. The molecule has 0 aliphatic rings. The first-order chi connectivity index (χ1) is 13.0. The molecule has 6 heteroatoms. The molecule has 0 radical (unpaired) electrons. The molecule has 2 atom stereocenters. The highest BCUT2D eigenvalue weighted by Crippen LogP contribution is 2.11. The lowest BCUT2D eigenvalue weighted by Gasteiger charge is -2.19. The van der Waals surface area contributed by atoms with E-state index in [1.807, 2.05) is 0 Å². The molecule has 160 valence electrons. The monoisotopic (exact) mass is 388 g/mol. The molecule has 27 heavy (non-hydrogen) atoms. The number of allylic oxidation sites excluding steroid dienone is 2. The minimum absolute atomic E-state index is 0.142. The predicted octanol–water partition coefficient (Wildman–Crippen LogP) is 3.56. The number of esters is 1. The van der Waals surface area contributed by atoms with Gasteiger partial charge < -0.3 is 25.2 Å². The van der Waals surface area contributed by atoms with Gasteiger partial charge in [-0.3, -0.25) is 4.79 Å². The van der Waals surface area contributed by atoms with E-state index in [0.29, 0.717) is 6.42 Å². The minimum Gasteiger partial charge on any atom is -0.433 e. The summed E-state index contributed by atoms with van der Waals surface area (Å²) in [7, 11) is 0. The van der Waals surface area contributed by atoms with Crippen LogP contribution in [0.5, 0.6) is 0 Å². The third-order valence-electron chi connectivity index (χ3n) is 4.49. The Labute approximate surface area is 164 Å². The molecule has 4 N–H and O–H groups in total. The van der Waals surface area contributed by atoms with Crippen molar-refractivity contribution >= 4 is 5.97 Å². The number of aliphatic hydroxyl groups excluding tert-OH is 3. The van der Waals surface area contributed by atoms with Gasteiger partial charge in [-0.2, -0.15) is 0 Å². The number of rotatable bonds is 18. The number of ether oxygens (including phenoxy) is 1. The van der Waals surface area contributed by atoms with Crippen LogP contribution in [0.4, 0.5) is 0 Å². The van der Waals surface area contributed by atoms with E-state index in [2.05, 4.69) is 23.8 Å². The van der Waals surface area contributed by atoms with Crippen molar-refractivity contribution in [1.82, 2.24) is 0 Å². The lowest BCUT2D eigenvalue weighted by Crippen LogP contribution is -2.39. The maximum atomic E-state index is 11.4. The molecular formula is C21H40O6. The Morgan fingerprint density at radius 2 is 1.26 bits per heavy atom. The van der Waals surface area contributed by atoms with Crippen LogP contribution in [0.1, 0.15) is 96.8 Å². The first-order valence-electron chi connectivity index (χ1n) is 10.6. The largest absolute Gasteiger partial charge is 0.433 e. The van der Waals surface area contributed by atoms with E-state index in [0.717, 1.165) is 32.1 Å². The Balaban J connectivity index is 3.39. The maximum Gasteiger partial charge on any atom is 0.308 e. The molecule has 0 spiro atoms. The van der Waals surface area contributed by atoms with Gasteiger partial charge >= 0.3 is 5.97 Å². The number of unbranched alkanes of at least 4 members (excludes halogenated alkanes) is 11. The average molecular weight is 389 g/mol. The van der Waals surface area contributed by atoms with E-state index in [1.165, 1.54) is 44.9 Å². The third-order valence-corrected chi connectivity index (χ3v) is 4.49. The summed E-state index contributed by atoms with van der Waals surface area (Å²) in [6, 6.07) is 0. The van der Waals surface area contributed by atoms with Crippen molar-refractivity contribution in [1.29, 1.82) is 0 Å². The topological polar surface area (TPSA) is 107 Å². The maximum absolute atomic E-state index is 11.4. The summed E-state index contributed by atoms with van der Waals surface area (Å²) < 4.78 is 4.53. The summed E-state index contributed by atoms with van der Waals surface area (Å²) in [5.74, 6) is -0.653. The highest BCUT2D eigenvalue weighted by atomic mass is 16.7. The molecule has 0 unspecified atom stereocenters. The van der Waals surface area contributed by atoms with Gasteiger partial charge in [-0.15, -0.1) is 0 Å². The predicted molar refractivity (Wildman–Crippen MR) is 106 cm³/mol. The number of aliphatic hydroxyl groups is 4. The molecule has 0 heterocycles. The van der Waals surface area contributed by atoms with Crippen molar-refractivity contribution in [3.63, 3.8) is 0 Å². The van der Waals surface area contributed by atoms with Crippen molar-refractivity contribution in [2.24, 2.45) is 0 Å². The highest BCUT2D eigenvalue weighted by Gasteiger charge is 2.25. The third kappa shape index (κ3) is 16.9. The van der Waals surface area contributed by atoms with E-state index >= 15 is 0 Å². The van der Waals surface area contributed by atoms with Gasteiger partial charge in [0.25, 0.3) is 0 Å². The first-order valence-corrected chi connectivity index (χ1v) is 10.6. The minimum atomic E-state index is -2.15. The van der Waals surface area contributed by atoms with Crippen LogP contribution in [0.2, 0.25) is 0 Å². The SMILES string of the molecule is CCCCCCCC/C=C\CCCCCCCC(=O)O[C@H](O)[C@@H](O)C(O)O. The average Bonchev–Trinajstić information content (AvgIpc) is 2.64. The molecule has 0 aliphatic heterocycles. The number of carbonyl (C=O) groups excluding carboxylic acids is 1.